The molecule has 3 rings (SSSR count). The van der Waals surface area contributed by atoms with Crippen molar-refractivity contribution in [3.63, 3.8) is 0 Å². The van der Waals surface area contributed by atoms with Crippen molar-refractivity contribution in [2.45, 2.75) is 13.8 Å². The van der Waals surface area contributed by atoms with E-state index < -0.39 is 0 Å². The Balaban J connectivity index is 1.89. The van der Waals surface area contributed by atoms with Crippen LogP contribution in [-0.4, -0.2) is 9.97 Å². The Morgan fingerprint density at radius 1 is 0.917 bits per heavy atom. The normalized spacial score (nSPS) is 10.5. The summed E-state index contributed by atoms with van der Waals surface area (Å²) >= 11 is 6.04. The van der Waals surface area contributed by atoms with Crippen molar-refractivity contribution >= 4 is 34.7 Å². The molecule has 6 heteroatoms. The number of para-hydroxylation sites is 1. The zero-order valence-corrected chi connectivity index (χ0v) is 14.0. The van der Waals surface area contributed by atoms with Gasteiger partial charge in [0.1, 0.15) is 11.6 Å². The molecule has 0 fully saturated rings. The SMILES string of the molecule is Cc1cc(Nc2cc(Cl)ccc2C)nc(Nc2ccccc2F)n1. The molecule has 122 valence electrons. The molecule has 3 aromatic rings. The molecule has 0 unspecified atom stereocenters. The first-order valence-corrected chi connectivity index (χ1v) is 7.79. The molecule has 24 heavy (non-hydrogen) atoms. The molecular formula is C18H16ClFN4. The highest BCUT2D eigenvalue weighted by Gasteiger charge is 2.07. The van der Waals surface area contributed by atoms with Gasteiger partial charge in [-0.2, -0.15) is 4.98 Å². The van der Waals surface area contributed by atoms with Gasteiger partial charge in [-0.15, -0.1) is 0 Å². The van der Waals surface area contributed by atoms with Crippen LogP contribution in [0.2, 0.25) is 5.02 Å². The average molecular weight is 343 g/mol. The molecule has 0 saturated heterocycles. The van der Waals surface area contributed by atoms with Gasteiger partial charge in [-0.05, 0) is 43.7 Å². The Morgan fingerprint density at radius 3 is 2.50 bits per heavy atom. The smallest absolute Gasteiger partial charge is 0.229 e. The number of halogens is 2. The minimum Gasteiger partial charge on any atom is -0.340 e. The number of hydrogen-bond acceptors (Lipinski definition) is 4. The monoisotopic (exact) mass is 342 g/mol. The van der Waals surface area contributed by atoms with Crippen molar-refractivity contribution < 1.29 is 4.39 Å². The summed E-state index contributed by atoms with van der Waals surface area (Å²) in [4.78, 5) is 8.69. The molecule has 2 N–H and O–H groups in total. The number of hydrogen-bond donors (Lipinski definition) is 2. The van der Waals surface area contributed by atoms with E-state index in [2.05, 4.69) is 20.6 Å². The van der Waals surface area contributed by atoms with Crippen LogP contribution >= 0.6 is 11.6 Å². The molecule has 1 heterocycles. The van der Waals surface area contributed by atoms with E-state index in [0.29, 0.717) is 22.5 Å². The highest BCUT2D eigenvalue weighted by Crippen LogP contribution is 2.25. The first-order valence-electron chi connectivity index (χ1n) is 7.42. The van der Waals surface area contributed by atoms with Gasteiger partial charge < -0.3 is 10.6 Å². The van der Waals surface area contributed by atoms with Crippen LogP contribution in [0.3, 0.4) is 0 Å². The van der Waals surface area contributed by atoms with Crippen LogP contribution in [0.1, 0.15) is 11.3 Å². The summed E-state index contributed by atoms with van der Waals surface area (Å²) in [5.41, 5.74) is 2.98. The summed E-state index contributed by atoms with van der Waals surface area (Å²) in [6.45, 7) is 3.83. The van der Waals surface area contributed by atoms with E-state index in [1.165, 1.54) is 6.07 Å². The van der Waals surface area contributed by atoms with Crippen molar-refractivity contribution in [3.8, 4) is 0 Å². The number of rotatable bonds is 4. The number of aromatic nitrogens is 2. The fourth-order valence-corrected chi connectivity index (χ4v) is 2.41. The minimum absolute atomic E-state index is 0.322. The first kappa shape index (κ1) is 16.2. The van der Waals surface area contributed by atoms with Gasteiger partial charge >= 0.3 is 0 Å². The Kier molecular flexibility index (Phi) is 4.62. The zero-order valence-electron chi connectivity index (χ0n) is 13.3. The highest BCUT2D eigenvalue weighted by atomic mass is 35.5. The lowest BCUT2D eigenvalue weighted by molar-refractivity contribution is 0.631. The van der Waals surface area contributed by atoms with Gasteiger partial charge in [-0.1, -0.05) is 29.8 Å². The Labute approximate surface area is 144 Å². The summed E-state index contributed by atoms with van der Waals surface area (Å²) in [7, 11) is 0. The third-order valence-electron chi connectivity index (χ3n) is 3.44. The third kappa shape index (κ3) is 3.81. The fourth-order valence-electron chi connectivity index (χ4n) is 2.24. The number of nitrogens with one attached hydrogen (secondary N) is 2. The van der Waals surface area contributed by atoms with Crippen LogP contribution in [0.15, 0.2) is 48.5 Å². The maximum Gasteiger partial charge on any atom is 0.229 e. The van der Waals surface area contributed by atoms with E-state index in [0.717, 1.165) is 16.9 Å². The lowest BCUT2D eigenvalue weighted by Gasteiger charge is -2.12. The Morgan fingerprint density at radius 2 is 1.71 bits per heavy atom. The maximum atomic E-state index is 13.8. The number of aryl methyl sites for hydroxylation is 2. The molecular weight excluding hydrogens is 327 g/mol. The van der Waals surface area contributed by atoms with Gasteiger partial charge in [0.05, 0.1) is 5.69 Å². The molecule has 0 aliphatic carbocycles. The van der Waals surface area contributed by atoms with Crippen molar-refractivity contribution in [1.82, 2.24) is 9.97 Å². The van der Waals surface area contributed by atoms with Crippen LogP contribution < -0.4 is 10.6 Å². The van der Waals surface area contributed by atoms with Gasteiger partial charge in [-0.25, -0.2) is 9.37 Å². The molecule has 1 aromatic heterocycles. The van der Waals surface area contributed by atoms with Crippen molar-refractivity contribution in [3.05, 3.63) is 70.6 Å². The highest BCUT2D eigenvalue weighted by molar-refractivity contribution is 6.30. The number of nitrogens with zero attached hydrogens (tertiary/aromatic N) is 2. The summed E-state index contributed by atoms with van der Waals surface area (Å²) < 4.78 is 13.8. The lowest BCUT2D eigenvalue weighted by Crippen LogP contribution is -2.04. The molecule has 0 bridgehead atoms. The third-order valence-corrected chi connectivity index (χ3v) is 3.67. The van der Waals surface area contributed by atoms with Crippen LogP contribution in [-0.2, 0) is 0 Å². The van der Waals surface area contributed by atoms with Gasteiger partial charge in [0.25, 0.3) is 0 Å². The first-order chi connectivity index (χ1) is 11.5. The van der Waals surface area contributed by atoms with E-state index in [4.69, 9.17) is 11.6 Å². The lowest BCUT2D eigenvalue weighted by atomic mass is 10.2. The Bertz CT molecular complexity index is 883. The van der Waals surface area contributed by atoms with E-state index in [9.17, 15) is 4.39 Å². The number of anilines is 4. The van der Waals surface area contributed by atoms with Gasteiger partial charge in [-0.3, -0.25) is 0 Å². The molecule has 0 radical (unpaired) electrons. The average Bonchev–Trinajstić information content (AvgIpc) is 2.53. The molecule has 0 aliphatic heterocycles. The summed E-state index contributed by atoms with van der Waals surface area (Å²) in [6, 6.07) is 13.8. The van der Waals surface area contributed by atoms with Crippen LogP contribution in [0.25, 0.3) is 0 Å². The fraction of sp³-hybridized carbons (Fsp3) is 0.111. The van der Waals surface area contributed by atoms with Crippen molar-refractivity contribution in [2.24, 2.45) is 0 Å². The second kappa shape index (κ2) is 6.84. The summed E-state index contributed by atoms with van der Waals surface area (Å²) in [5.74, 6) is 0.566. The second-order valence-electron chi connectivity index (χ2n) is 5.41. The molecule has 0 amide bonds. The maximum absolute atomic E-state index is 13.8. The molecule has 0 aliphatic rings. The Hall–Kier alpha value is -2.66. The molecule has 0 spiro atoms. The van der Waals surface area contributed by atoms with E-state index in [-0.39, 0.29) is 5.82 Å². The number of benzene rings is 2. The zero-order chi connectivity index (χ0) is 17.1. The predicted molar refractivity (Wildman–Crippen MR) is 95.9 cm³/mol. The molecule has 0 saturated carbocycles. The van der Waals surface area contributed by atoms with Gasteiger partial charge in [0, 0.05) is 22.5 Å². The van der Waals surface area contributed by atoms with E-state index in [1.807, 2.05) is 38.1 Å². The molecule has 0 atom stereocenters. The van der Waals surface area contributed by atoms with E-state index in [1.54, 1.807) is 18.2 Å². The van der Waals surface area contributed by atoms with Crippen LogP contribution in [0.4, 0.5) is 27.5 Å². The van der Waals surface area contributed by atoms with Crippen LogP contribution in [0, 0.1) is 19.7 Å². The minimum atomic E-state index is -0.359. The molecule has 2 aromatic carbocycles. The van der Waals surface area contributed by atoms with Crippen molar-refractivity contribution in [1.29, 1.82) is 0 Å². The summed E-state index contributed by atoms with van der Waals surface area (Å²) in [6.07, 6.45) is 0. The predicted octanol–water partition coefficient (Wildman–Crippen LogP) is 5.37. The van der Waals surface area contributed by atoms with Gasteiger partial charge in [0.2, 0.25) is 5.95 Å². The van der Waals surface area contributed by atoms with Gasteiger partial charge in [0.15, 0.2) is 0 Å². The van der Waals surface area contributed by atoms with E-state index >= 15 is 0 Å². The van der Waals surface area contributed by atoms with Crippen molar-refractivity contribution in [2.75, 3.05) is 10.6 Å². The summed E-state index contributed by atoms with van der Waals surface area (Å²) in [5, 5.41) is 6.76. The topological polar surface area (TPSA) is 49.8 Å². The van der Waals surface area contributed by atoms with Crippen LogP contribution in [0.5, 0.6) is 0 Å². The quantitative estimate of drug-likeness (QED) is 0.669. The second-order valence-corrected chi connectivity index (χ2v) is 5.84. The molecule has 4 nitrogen and oxygen atoms in total. The largest absolute Gasteiger partial charge is 0.340 e. The standard InChI is InChI=1S/C18H16ClFN4/c1-11-7-8-13(19)10-16(11)22-17-9-12(2)21-18(24-17)23-15-6-4-3-5-14(15)20/h3-10H,1-2H3,(H2,21,22,23,24).